The summed E-state index contributed by atoms with van der Waals surface area (Å²) in [7, 11) is 0. The molecule has 4 aliphatic carbocycles. The molecule has 0 radical (unpaired) electrons. The van der Waals surface area contributed by atoms with Crippen LogP contribution in [0.4, 0.5) is 0 Å². The van der Waals surface area contributed by atoms with Crippen molar-refractivity contribution in [1.82, 2.24) is 0 Å². The van der Waals surface area contributed by atoms with Crippen LogP contribution in [-0.2, 0) is 76.3 Å². The molecular weight excluding hydrogens is 982 g/mol. The molecular formula is C56H74Cl2Si2Zr2. The van der Waals surface area contributed by atoms with Crippen LogP contribution < -0.4 is 31.4 Å². The molecule has 0 saturated heterocycles. The van der Waals surface area contributed by atoms with Gasteiger partial charge in [-0.25, -0.2) is 0 Å². The summed E-state index contributed by atoms with van der Waals surface area (Å²) in [5.74, 6) is -1.49. The van der Waals surface area contributed by atoms with Crippen molar-refractivity contribution in [3.05, 3.63) is 148 Å². The molecule has 0 amide bonds. The summed E-state index contributed by atoms with van der Waals surface area (Å²) >= 11 is -3.75. The number of benzene rings is 4. The van der Waals surface area contributed by atoms with E-state index in [-0.39, 0.29) is 46.5 Å². The van der Waals surface area contributed by atoms with Crippen molar-refractivity contribution in [2.45, 2.75) is 157 Å². The van der Waals surface area contributed by atoms with Gasteiger partial charge in [-0.2, -0.15) is 0 Å². The molecule has 4 aliphatic rings. The third-order valence-electron chi connectivity index (χ3n) is 13.4. The normalized spacial score (nSPS) is 14.9. The standard InChI is InChI=1S/2C21H25.2C5H5.2C2H7Si.2ClH.2Zr/c2*1-20(2,3)16-7-9-18-14(12-16)11-15-13-17(21(4,5)6)8-10-19(15)18;2*1-2-4-5-3-1;2*1-3-2;;;;/h2*7-10,12H,11H2,1-6H3;2*1-3H,4H2;2*3H,1-2H3;2*1H;;/q;;;;;;;;2*+1/p-2. The number of fused-ring (bicyclic) bond motifs is 6. The molecule has 0 N–H and O–H groups in total. The molecule has 0 unspecified atom stereocenters. The summed E-state index contributed by atoms with van der Waals surface area (Å²) in [5.41, 5.74) is 19.6. The predicted octanol–water partition coefficient (Wildman–Crippen LogP) is 7.86. The van der Waals surface area contributed by atoms with E-state index in [2.05, 4.69) is 206 Å². The van der Waals surface area contributed by atoms with E-state index in [0.29, 0.717) is 0 Å². The molecule has 62 heavy (non-hydrogen) atoms. The fourth-order valence-corrected chi connectivity index (χ4v) is 49.8. The molecule has 0 saturated carbocycles. The summed E-state index contributed by atoms with van der Waals surface area (Å²) in [4.78, 5) is 0. The topological polar surface area (TPSA) is 0 Å². The van der Waals surface area contributed by atoms with E-state index in [0.717, 1.165) is 12.8 Å². The molecule has 0 aromatic heterocycles. The first-order valence-corrected chi connectivity index (χ1v) is 42.2. The summed E-state index contributed by atoms with van der Waals surface area (Å²) in [6, 6.07) is 24.5. The first-order valence-electron chi connectivity index (χ1n) is 23.0. The monoisotopic (exact) mass is 1050 g/mol. The summed E-state index contributed by atoms with van der Waals surface area (Å²) in [6.07, 6.45) is 19.1. The Morgan fingerprint density at radius 1 is 0.435 bits per heavy atom. The second-order valence-electron chi connectivity index (χ2n) is 22.9. The smallest absolute Gasteiger partial charge is 1.00 e. The molecule has 4 aromatic carbocycles. The summed E-state index contributed by atoms with van der Waals surface area (Å²) in [5, 5.41) is 0. The maximum Gasteiger partial charge on any atom is -1.00 e. The molecule has 0 atom stereocenters. The van der Waals surface area contributed by atoms with Gasteiger partial charge in [0, 0.05) is 0 Å². The van der Waals surface area contributed by atoms with Crippen molar-refractivity contribution in [2.75, 3.05) is 0 Å². The van der Waals surface area contributed by atoms with Gasteiger partial charge in [0.15, 0.2) is 0 Å². The Bertz CT molecular complexity index is 2270. The summed E-state index contributed by atoms with van der Waals surface area (Å²) in [6.45, 7) is 39.0. The molecule has 328 valence electrons. The SMILES string of the molecule is C[SiH](C)[Zr+]([C]1=CC=CC1)[c]1c(C(C)(C)C)ccc2c1Cc1cc(C(C)(C)C)ccc1-2.C[SiH](C)[Zr+]([C]1=CC=CC1)[c]1c(C(C)(C)C)ccc2c1Cc1cc(C(C)(C)C)ccc1-2.[Cl-].[Cl-]. The maximum atomic E-state index is 2.62. The maximum absolute atomic E-state index is 2.62. The molecule has 0 nitrogen and oxygen atoms in total. The van der Waals surface area contributed by atoms with Crippen LogP contribution in [0, 0.1) is 0 Å². The molecule has 0 bridgehead atoms. The zero-order valence-corrected chi connectivity index (χ0v) is 49.7. The Labute approximate surface area is 408 Å². The van der Waals surface area contributed by atoms with E-state index >= 15 is 0 Å². The average Bonchev–Trinajstić information content (AvgIpc) is 3.97. The Hall–Kier alpha value is -1.38. The molecule has 0 aliphatic heterocycles. The van der Waals surface area contributed by atoms with Crippen molar-refractivity contribution >= 4 is 18.4 Å². The van der Waals surface area contributed by atoms with Gasteiger partial charge >= 0.3 is 387 Å². The number of halogens is 2. The van der Waals surface area contributed by atoms with Crippen molar-refractivity contribution in [3.8, 4) is 22.3 Å². The van der Waals surface area contributed by atoms with Crippen molar-refractivity contribution < 1.29 is 66.6 Å². The minimum atomic E-state index is -1.88. The number of hydrogen-bond acceptors (Lipinski definition) is 0. The molecule has 0 spiro atoms. The van der Waals surface area contributed by atoms with Crippen molar-refractivity contribution in [3.63, 3.8) is 0 Å². The van der Waals surface area contributed by atoms with Gasteiger partial charge in [-0.15, -0.1) is 0 Å². The van der Waals surface area contributed by atoms with Gasteiger partial charge in [-0.05, 0) is 0 Å². The van der Waals surface area contributed by atoms with Crippen LogP contribution >= 0.6 is 0 Å². The first kappa shape index (κ1) is 51.6. The average molecular weight is 1060 g/mol. The van der Waals surface area contributed by atoms with Gasteiger partial charge in [0.2, 0.25) is 0 Å². The van der Waals surface area contributed by atoms with Gasteiger partial charge in [-0.1, -0.05) is 0 Å². The van der Waals surface area contributed by atoms with E-state index in [1.165, 1.54) is 46.2 Å². The Morgan fingerprint density at radius 3 is 1.05 bits per heavy atom. The van der Waals surface area contributed by atoms with Crippen LogP contribution in [0.3, 0.4) is 0 Å². The molecule has 8 rings (SSSR count). The van der Waals surface area contributed by atoms with Gasteiger partial charge in [0.1, 0.15) is 0 Å². The predicted molar refractivity (Wildman–Crippen MR) is 265 cm³/mol. The fraction of sp³-hybridized carbons (Fsp3) is 0.429. The quantitative estimate of drug-likeness (QED) is 0.149. The van der Waals surface area contributed by atoms with Gasteiger partial charge in [-0.3, -0.25) is 0 Å². The van der Waals surface area contributed by atoms with E-state index in [4.69, 9.17) is 0 Å². The number of hydrogen-bond donors (Lipinski definition) is 0. The van der Waals surface area contributed by atoms with Gasteiger partial charge < -0.3 is 24.8 Å². The molecule has 6 heteroatoms. The minimum Gasteiger partial charge on any atom is -1.00 e. The number of rotatable bonds is 6. The zero-order chi connectivity index (χ0) is 43.7. The largest absolute Gasteiger partial charge is 1.00 e. The first-order chi connectivity index (χ1) is 28.0. The Morgan fingerprint density at radius 2 is 0.774 bits per heavy atom. The third-order valence-corrected chi connectivity index (χ3v) is 51.2. The van der Waals surface area contributed by atoms with E-state index < -0.39 is 53.7 Å². The van der Waals surface area contributed by atoms with Gasteiger partial charge in [0.05, 0.1) is 0 Å². The molecule has 4 aromatic rings. The van der Waals surface area contributed by atoms with Crippen molar-refractivity contribution in [2.24, 2.45) is 0 Å². The minimum absolute atomic E-state index is 0. The molecule has 0 heterocycles. The summed E-state index contributed by atoms with van der Waals surface area (Å²) < 4.78 is 7.41. The van der Waals surface area contributed by atoms with E-state index in [9.17, 15) is 0 Å². The molecule has 0 fully saturated rings. The fourth-order valence-electron chi connectivity index (χ4n) is 10.3. The second-order valence-corrected chi connectivity index (χ2v) is 61.1. The van der Waals surface area contributed by atoms with Crippen LogP contribution in [0.5, 0.6) is 0 Å². The Kier molecular flexibility index (Phi) is 16.2. The van der Waals surface area contributed by atoms with E-state index in [1.54, 1.807) is 33.4 Å². The zero-order valence-electron chi connectivity index (χ0n) is 41.0. The second kappa shape index (κ2) is 19.5. The number of allylic oxidation sites excluding steroid dienone is 8. The van der Waals surface area contributed by atoms with Crippen LogP contribution in [0.1, 0.15) is 140 Å². The van der Waals surface area contributed by atoms with Crippen LogP contribution in [0.2, 0.25) is 26.2 Å². The Balaban J connectivity index is 0.000000227. The van der Waals surface area contributed by atoms with Crippen LogP contribution in [0.15, 0.2) is 104 Å². The van der Waals surface area contributed by atoms with Crippen LogP contribution in [0.25, 0.3) is 22.3 Å². The van der Waals surface area contributed by atoms with Gasteiger partial charge in [0.25, 0.3) is 0 Å². The van der Waals surface area contributed by atoms with Crippen LogP contribution in [-0.4, -0.2) is 11.8 Å². The van der Waals surface area contributed by atoms with Crippen molar-refractivity contribution in [1.29, 1.82) is 0 Å². The van der Waals surface area contributed by atoms with E-state index in [1.807, 2.05) is 13.1 Å². The third kappa shape index (κ3) is 10.4.